The third-order valence-corrected chi connectivity index (χ3v) is 2.27. The SMILES string of the molecule is CCOC(C)C(=O)Nc1ccc(N)cc1OC. The van der Waals surface area contributed by atoms with Crippen molar-refractivity contribution in [3.05, 3.63) is 18.2 Å². The summed E-state index contributed by atoms with van der Waals surface area (Å²) in [6.45, 7) is 4.03. The molecule has 1 unspecified atom stereocenters. The maximum absolute atomic E-state index is 11.7. The number of anilines is 2. The van der Waals surface area contributed by atoms with Gasteiger partial charge in [0.15, 0.2) is 0 Å². The van der Waals surface area contributed by atoms with E-state index in [2.05, 4.69) is 5.32 Å². The first-order valence-corrected chi connectivity index (χ1v) is 5.44. The zero-order chi connectivity index (χ0) is 12.8. The number of amides is 1. The molecule has 94 valence electrons. The minimum Gasteiger partial charge on any atom is -0.494 e. The predicted molar refractivity (Wildman–Crippen MR) is 67.1 cm³/mol. The number of benzene rings is 1. The van der Waals surface area contributed by atoms with E-state index in [1.165, 1.54) is 7.11 Å². The van der Waals surface area contributed by atoms with Crippen molar-refractivity contribution >= 4 is 17.3 Å². The summed E-state index contributed by atoms with van der Waals surface area (Å²) in [6, 6.07) is 5.05. The highest BCUT2D eigenvalue weighted by molar-refractivity contribution is 5.95. The Kier molecular flexibility index (Phi) is 4.78. The second-order valence-electron chi connectivity index (χ2n) is 3.55. The number of hydrogen-bond acceptors (Lipinski definition) is 4. The molecule has 1 aromatic rings. The molecule has 0 aromatic heterocycles. The molecule has 0 bridgehead atoms. The summed E-state index contributed by atoms with van der Waals surface area (Å²) in [7, 11) is 1.52. The summed E-state index contributed by atoms with van der Waals surface area (Å²) >= 11 is 0. The second-order valence-corrected chi connectivity index (χ2v) is 3.55. The van der Waals surface area contributed by atoms with E-state index in [1.807, 2.05) is 6.92 Å². The molecular weight excluding hydrogens is 220 g/mol. The van der Waals surface area contributed by atoms with Crippen molar-refractivity contribution in [3.8, 4) is 5.75 Å². The minimum absolute atomic E-state index is 0.213. The molecular formula is C12H18N2O3. The van der Waals surface area contributed by atoms with Gasteiger partial charge in [0.05, 0.1) is 12.8 Å². The van der Waals surface area contributed by atoms with E-state index in [0.29, 0.717) is 23.7 Å². The molecule has 1 aromatic carbocycles. The fourth-order valence-corrected chi connectivity index (χ4v) is 1.37. The summed E-state index contributed by atoms with van der Waals surface area (Å²) in [5.41, 5.74) is 6.79. The molecule has 17 heavy (non-hydrogen) atoms. The van der Waals surface area contributed by atoms with Gasteiger partial charge in [0.25, 0.3) is 5.91 Å². The van der Waals surface area contributed by atoms with Crippen LogP contribution in [0.2, 0.25) is 0 Å². The number of carbonyl (C=O) groups is 1. The van der Waals surface area contributed by atoms with Crippen molar-refractivity contribution in [2.75, 3.05) is 24.8 Å². The number of nitrogen functional groups attached to an aromatic ring is 1. The first kappa shape index (κ1) is 13.3. The highest BCUT2D eigenvalue weighted by Gasteiger charge is 2.14. The molecule has 1 amide bonds. The monoisotopic (exact) mass is 238 g/mol. The molecule has 0 fully saturated rings. The number of nitrogens with one attached hydrogen (secondary N) is 1. The third kappa shape index (κ3) is 3.64. The van der Waals surface area contributed by atoms with Crippen LogP contribution in [-0.4, -0.2) is 25.7 Å². The Morgan fingerprint density at radius 1 is 1.53 bits per heavy atom. The van der Waals surface area contributed by atoms with E-state index < -0.39 is 6.10 Å². The number of nitrogens with two attached hydrogens (primary N) is 1. The van der Waals surface area contributed by atoms with Gasteiger partial charge in [-0.25, -0.2) is 0 Å². The van der Waals surface area contributed by atoms with Crippen LogP contribution in [0.3, 0.4) is 0 Å². The third-order valence-electron chi connectivity index (χ3n) is 2.27. The van der Waals surface area contributed by atoms with E-state index in [4.69, 9.17) is 15.2 Å². The topological polar surface area (TPSA) is 73.6 Å². The standard InChI is InChI=1S/C12H18N2O3/c1-4-17-8(2)12(15)14-10-6-5-9(13)7-11(10)16-3/h5-8H,4,13H2,1-3H3,(H,14,15). The molecule has 1 rings (SSSR count). The Bertz CT molecular complexity index is 393. The fourth-order valence-electron chi connectivity index (χ4n) is 1.37. The van der Waals surface area contributed by atoms with Crippen LogP contribution < -0.4 is 15.8 Å². The predicted octanol–water partition coefficient (Wildman–Crippen LogP) is 1.64. The molecule has 0 aliphatic heterocycles. The molecule has 0 aliphatic carbocycles. The van der Waals surface area contributed by atoms with E-state index >= 15 is 0 Å². The van der Waals surface area contributed by atoms with Gasteiger partial charge in [-0.15, -0.1) is 0 Å². The minimum atomic E-state index is -0.498. The highest BCUT2D eigenvalue weighted by Crippen LogP contribution is 2.26. The van der Waals surface area contributed by atoms with Crippen molar-refractivity contribution in [3.63, 3.8) is 0 Å². The average molecular weight is 238 g/mol. The van der Waals surface area contributed by atoms with E-state index in [9.17, 15) is 4.79 Å². The van der Waals surface area contributed by atoms with E-state index in [0.717, 1.165) is 0 Å². The normalized spacial score (nSPS) is 11.9. The maximum atomic E-state index is 11.7. The highest BCUT2D eigenvalue weighted by atomic mass is 16.5. The Hall–Kier alpha value is -1.75. The average Bonchev–Trinajstić information content (AvgIpc) is 2.31. The molecule has 5 nitrogen and oxygen atoms in total. The van der Waals surface area contributed by atoms with Crippen LogP contribution in [0.25, 0.3) is 0 Å². The molecule has 3 N–H and O–H groups in total. The summed E-state index contributed by atoms with van der Waals surface area (Å²) in [6.07, 6.45) is -0.498. The lowest BCUT2D eigenvalue weighted by molar-refractivity contribution is -0.126. The van der Waals surface area contributed by atoms with Crippen LogP contribution in [-0.2, 0) is 9.53 Å². The van der Waals surface area contributed by atoms with Crippen molar-refractivity contribution < 1.29 is 14.3 Å². The Morgan fingerprint density at radius 3 is 2.82 bits per heavy atom. The zero-order valence-electron chi connectivity index (χ0n) is 10.3. The number of ether oxygens (including phenoxy) is 2. The summed E-state index contributed by atoms with van der Waals surface area (Å²) in [5, 5.41) is 2.73. The molecule has 0 saturated heterocycles. The van der Waals surface area contributed by atoms with Crippen LogP contribution >= 0.6 is 0 Å². The van der Waals surface area contributed by atoms with Crippen molar-refractivity contribution in [1.82, 2.24) is 0 Å². The van der Waals surface area contributed by atoms with Crippen molar-refractivity contribution in [1.29, 1.82) is 0 Å². The summed E-state index contributed by atoms with van der Waals surface area (Å²) in [4.78, 5) is 11.7. The molecule has 1 atom stereocenters. The van der Waals surface area contributed by atoms with Crippen LogP contribution in [0.4, 0.5) is 11.4 Å². The largest absolute Gasteiger partial charge is 0.494 e. The first-order valence-electron chi connectivity index (χ1n) is 5.44. The quantitative estimate of drug-likeness (QED) is 0.765. The molecule has 0 radical (unpaired) electrons. The maximum Gasteiger partial charge on any atom is 0.253 e. The van der Waals surface area contributed by atoms with E-state index in [-0.39, 0.29) is 5.91 Å². The van der Waals surface area contributed by atoms with Gasteiger partial charge < -0.3 is 20.5 Å². The van der Waals surface area contributed by atoms with Gasteiger partial charge in [0, 0.05) is 18.4 Å². The van der Waals surface area contributed by atoms with Gasteiger partial charge >= 0.3 is 0 Å². The molecule has 5 heteroatoms. The lowest BCUT2D eigenvalue weighted by Gasteiger charge is -2.14. The second kappa shape index (κ2) is 6.10. The van der Waals surface area contributed by atoms with Gasteiger partial charge in [0.1, 0.15) is 11.9 Å². The smallest absolute Gasteiger partial charge is 0.253 e. The fraction of sp³-hybridized carbons (Fsp3) is 0.417. The molecule has 0 aliphatic rings. The number of rotatable bonds is 5. The molecule has 0 heterocycles. The van der Waals surface area contributed by atoms with Gasteiger partial charge in [-0.2, -0.15) is 0 Å². The van der Waals surface area contributed by atoms with Crippen LogP contribution in [0, 0.1) is 0 Å². The van der Waals surface area contributed by atoms with Gasteiger partial charge in [-0.05, 0) is 26.0 Å². The number of carbonyl (C=O) groups excluding carboxylic acids is 1. The number of methoxy groups -OCH3 is 1. The van der Waals surface area contributed by atoms with Crippen LogP contribution in [0.15, 0.2) is 18.2 Å². The van der Waals surface area contributed by atoms with Gasteiger partial charge in [-0.1, -0.05) is 0 Å². The van der Waals surface area contributed by atoms with Crippen molar-refractivity contribution in [2.24, 2.45) is 0 Å². The van der Waals surface area contributed by atoms with Crippen LogP contribution in [0.1, 0.15) is 13.8 Å². The van der Waals surface area contributed by atoms with E-state index in [1.54, 1.807) is 25.1 Å². The zero-order valence-corrected chi connectivity index (χ0v) is 10.3. The Morgan fingerprint density at radius 2 is 2.24 bits per heavy atom. The Labute approximate surface area is 101 Å². The van der Waals surface area contributed by atoms with Gasteiger partial charge in [0.2, 0.25) is 0 Å². The first-order chi connectivity index (χ1) is 8.08. The molecule has 0 saturated carbocycles. The summed E-state index contributed by atoms with van der Waals surface area (Å²) < 4.78 is 10.3. The Balaban J connectivity index is 2.77. The van der Waals surface area contributed by atoms with Crippen LogP contribution in [0.5, 0.6) is 5.75 Å². The van der Waals surface area contributed by atoms with Crippen molar-refractivity contribution in [2.45, 2.75) is 20.0 Å². The van der Waals surface area contributed by atoms with Gasteiger partial charge in [-0.3, -0.25) is 4.79 Å². The molecule has 0 spiro atoms. The lowest BCUT2D eigenvalue weighted by Crippen LogP contribution is -2.27. The number of hydrogen-bond donors (Lipinski definition) is 2. The lowest BCUT2D eigenvalue weighted by atomic mass is 10.2. The summed E-state index contributed by atoms with van der Waals surface area (Å²) in [5.74, 6) is 0.317.